The maximum atomic E-state index is 14.0. The molecule has 3 N–H and O–H groups in total. The van der Waals surface area contributed by atoms with Gasteiger partial charge in [-0.3, -0.25) is 9.63 Å². The molecule has 0 aliphatic heterocycles. The standard InChI is InChI=1S/C15H12BrF2IN2O3/c16-10-6-9(15(23)21-24-4-3-22)14(7-11(10)17)20-13-2-1-8(19)5-12(13)18/h1-2,5-7,20,22H,3-4H2,(H,21,23). The molecular formula is C15H12BrF2IN2O3. The Kier molecular flexibility index (Phi) is 6.90. The van der Waals surface area contributed by atoms with Crippen molar-refractivity contribution in [2.45, 2.75) is 0 Å². The lowest BCUT2D eigenvalue weighted by atomic mass is 10.1. The van der Waals surface area contributed by atoms with Crippen LogP contribution in [0.1, 0.15) is 10.4 Å². The van der Waals surface area contributed by atoms with Gasteiger partial charge in [-0.1, -0.05) is 0 Å². The first-order valence-electron chi connectivity index (χ1n) is 6.66. The van der Waals surface area contributed by atoms with Gasteiger partial charge in [0.15, 0.2) is 0 Å². The summed E-state index contributed by atoms with van der Waals surface area (Å²) in [6.45, 7) is -0.366. The molecule has 2 aromatic rings. The van der Waals surface area contributed by atoms with E-state index in [0.29, 0.717) is 3.57 Å². The fourth-order valence-corrected chi connectivity index (χ4v) is 2.59. The van der Waals surface area contributed by atoms with Gasteiger partial charge in [-0.25, -0.2) is 14.3 Å². The number of nitrogens with one attached hydrogen (secondary N) is 2. The van der Waals surface area contributed by atoms with Crippen LogP contribution in [0.4, 0.5) is 20.2 Å². The van der Waals surface area contributed by atoms with Crippen molar-refractivity contribution in [1.82, 2.24) is 5.48 Å². The molecule has 2 aromatic carbocycles. The summed E-state index contributed by atoms with van der Waals surface area (Å²) in [5.74, 6) is -1.82. The number of hydroxylamine groups is 1. The van der Waals surface area contributed by atoms with E-state index in [-0.39, 0.29) is 34.6 Å². The van der Waals surface area contributed by atoms with Crippen LogP contribution in [0.15, 0.2) is 34.8 Å². The van der Waals surface area contributed by atoms with Crippen LogP contribution in [0.3, 0.4) is 0 Å². The summed E-state index contributed by atoms with van der Waals surface area (Å²) >= 11 is 4.96. The fraction of sp³-hybridized carbons (Fsp3) is 0.133. The Morgan fingerprint density at radius 3 is 2.62 bits per heavy atom. The van der Waals surface area contributed by atoms with Crippen molar-refractivity contribution < 1.29 is 23.5 Å². The molecule has 0 aliphatic carbocycles. The van der Waals surface area contributed by atoms with Crippen molar-refractivity contribution >= 4 is 55.8 Å². The van der Waals surface area contributed by atoms with Gasteiger partial charge in [0, 0.05) is 3.57 Å². The molecule has 0 heterocycles. The number of benzene rings is 2. The van der Waals surface area contributed by atoms with Crippen molar-refractivity contribution in [1.29, 1.82) is 0 Å². The average Bonchev–Trinajstić information content (AvgIpc) is 2.53. The number of halogens is 4. The van der Waals surface area contributed by atoms with Gasteiger partial charge in [0.2, 0.25) is 0 Å². The first kappa shape index (κ1) is 19.0. The molecule has 1 amide bonds. The predicted molar refractivity (Wildman–Crippen MR) is 97.0 cm³/mol. The van der Waals surface area contributed by atoms with Gasteiger partial charge in [-0.05, 0) is 68.9 Å². The second kappa shape index (κ2) is 8.70. The molecule has 0 radical (unpaired) electrons. The SMILES string of the molecule is O=C(NOCCO)c1cc(Br)c(F)cc1Nc1ccc(I)cc1F. The van der Waals surface area contributed by atoms with Gasteiger partial charge in [0.05, 0.1) is 34.6 Å². The summed E-state index contributed by atoms with van der Waals surface area (Å²) in [5, 5.41) is 11.3. The van der Waals surface area contributed by atoms with Crippen LogP contribution in [0.5, 0.6) is 0 Å². The molecule has 0 unspecified atom stereocenters. The highest BCUT2D eigenvalue weighted by Gasteiger charge is 2.17. The molecule has 0 fully saturated rings. The van der Waals surface area contributed by atoms with E-state index in [0.717, 1.165) is 6.07 Å². The predicted octanol–water partition coefficient (Wildman–Crippen LogP) is 3.73. The average molecular weight is 513 g/mol. The van der Waals surface area contributed by atoms with Crippen LogP contribution in [-0.4, -0.2) is 24.2 Å². The smallest absolute Gasteiger partial charge is 0.276 e. The van der Waals surface area contributed by atoms with Gasteiger partial charge >= 0.3 is 0 Å². The van der Waals surface area contributed by atoms with E-state index in [1.807, 2.05) is 22.6 Å². The number of carbonyl (C=O) groups excluding carboxylic acids is 1. The first-order chi connectivity index (χ1) is 11.4. The molecule has 2 rings (SSSR count). The Balaban J connectivity index is 2.33. The monoisotopic (exact) mass is 512 g/mol. The molecular weight excluding hydrogens is 501 g/mol. The highest BCUT2D eigenvalue weighted by atomic mass is 127. The fourth-order valence-electron chi connectivity index (χ4n) is 1.79. The minimum atomic E-state index is -0.669. The molecule has 9 heteroatoms. The molecule has 0 atom stereocenters. The zero-order chi connectivity index (χ0) is 17.7. The normalized spacial score (nSPS) is 10.5. The van der Waals surface area contributed by atoms with E-state index in [1.54, 1.807) is 6.07 Å². The first-order valence-corrected chi connectivity index (χ1v) is 8.53. The summed E-state index contributed by atoms with van der Waals surface area (Å²) in [6.07, 6.45) is 0. The molecule has 0 saturated carbocycles. The number of anilines is 2. The van der Waals surface area contributed by atoms with E-state index in [4.69, 9.17) is 9.94 Å². The summed E-state index contributed by atoms with van der Waals surface area (Å²) < 4.78 is 28.6. The van der Waals surface area contributed by atoms with Crippen LogP contribution in [0, 0.1) is 15.2 Å². The lowest BCUT2D eigenvalue weighted by Crippen LogP contribution is -2.26. The Hall–Kier alpha value is -1.30. The van der Waals surface area contributed by atoms with Gasteiger partial charge in [0.1, 0.15) is 11.6 Å². The third-order valence-electron chi connectivity index (χ3n) is 2.86. The minimum absolute atomic E-state index is 0.0409. The summed E-state index contributed by atoms with van der Waals surface area (Å²) in [5.41, 5.74) is 2.33. The van der Waals surface area contributed by atoms with Crippen LogP contribution < -0.4 is 10.8 Å². The molecule has 0 aliphatic rings. The third-order valence-corrected chi connectivity index (χ3v) is 4.14. The Labute approximate surface area is 158 Å². The number of aliphatic hydroxyl groups excluding tert-OH is 1. The highest BCUT2D eigenvalue weighted by Crippen LogP contribution is 2.29. The Morgan fingerprint density at radius 1 is 1.21 bits per heavy atom. The van der Waals surface area contributed by atoms with Gasteiger partial charge < -0.3 is 10.4 Å². The number of hydrogen-bond donors (Lipinski definition) is 3. The van der Waals surface area contributed by atoms with Crippen molar-refractivity contribution in [3.05, 3.63) is 55.6 Å². The molecule has 0 saturated heterocycles. The van der Waals surface area contributed by atoms with Crippen molar-refractivity contribution in [3.63, 3.8) is 0 Å². The second-order valence-corrected chi connectivity index (χ2v) is 6.66. The molecule has 5 nitrogen and oxygen atoms in total. The topological polar surface area (TPSA) is 70.6 Å². The van der Waals surface area contributed by atoms with Gasteiger partial charge in [-0.2, -0.15) is 0 Å². The van der Waals surface area contributed by atoms with E-state index < -0.39 is 17.5 Å². The maximum Gasteiger partial charge on any atom is 0.276 e. The van der Waals surface area contributed by atoms with Crippen LogP contribution in [0.25, 0.3) is 0 Å². The molecule has 128 valence electrons. The largest absolute Gasteiger partial charge is 0.394 e. The van der Waals surface area contributed by atoms with E-state index in [9.17, 15) is 13.6 Å². The Bertz CT molecular complexity index is 762. The number of hydrogen-bond acceptors (Lipinski definition) is 4. The number of rotatable bonds is 6. The van der Waals surface area contributed by atoms with Crippen LogP contribution in [0.2, 0.25) is 0 Å². The lowest BCUT2D eigenvalue weighted by molar-refractivity contribution is 0.0169. The summed E-state index contributed by atoms with van der Waals surface area (Å²) in [7, 11) is 0. The van der Waals surface area contributed by atoms with E-state index >= 15 is 0 Å². The number of aliphatic hydroxyl groups is 1. The second-order valence-electron chi connectivity index (χ2n) is 4.56. The lowest BCUT2D eigenvalue weighted by Gasteiger charge is -2.14. The van der Waals surface area contributed by atoms with Crippen molar-refractivity contribution in [3.8, 4) is 0 Å². The van der Waals surface area contributed by atoms with Crippen LogP contribution in [-0.2, 0) is 4.84 Å². The molecule has 24 heavy (non-hydrogen) atoms. The third kappa shape index (κ3) is 4.85. The van der Waals surface area contributed by atoms with Gasteiger partial charge in [0.25, 0.3) is 5.91 Å². The zero-order valence-corrected chi connectivity index (χ0v) is 15.8. The quantitative estimate of drug-likeness (QED) is 0.313. The minimum Gasteiger partial charge on any atom is -0.394 e. The summed E-state index contributed by atoms with van der Waals surface area (Å²) in [6, 6.07) is 6.79. The number of amides is 1. The van der Waals surface area contributed by atoms with Crippen LogP contribution >= 0.6 is 38.5 Å². The number of carbonyl (C=O) groups is 1. The molecule has 0 spiro atoms. The molecule has 0 aromatic heterocycles. The van der Waals surface area contributed by atoms with Crippen molar-refractivity contribution in [2.75, 3.05) is 18.5 Å². The summed E-state index contributed by atoms with van der Waals surface area (Å²) in [4.78, 5) is 16.9. The van der Waals surface area contributed by atoms with Crippen molar-refractivity contribution in [2.24, 2.45) is 0 Å². The zero-order valence-electron chi connectivity index (χ0n) is 12.1. The van der Waals surface area contributed by atoms with Gasteiger partial charge in [-0.15, -0.1) is 0 Å². The van der Waals surface area contributed by atoms with E-state index in [2.05, 4.69) is 26.7 Å². The Morgan fingerprint density at radius 2 is 1.96 bits per heavy atom. The van der Waals surface area contributed by atoms with E-state index in [1.165, 1.54) is 18.2 Å². The maximum absolute atomic E-state index is 14.0. The highest BCUT2D eigenvalue weighted by molar-refractivity contribution is 14.1. The molecule has 0 bridgehead atoms.